The van der Waals surface area contributed by atoms with Crippen molar-refractivity contribution >= 4 is 16.7 Å². The van der Waals surface area contributed by atoms with E-state index in [1.807, 2.05) is 63.2 Å². The molecule has 0 aromatic heterocycles. The van der Waals surface area contributed by atoms with Crippen LogP contribution in [-0.4, -0.2) is 13.1 Å². The smallest absolute Gasteiger partial charge is 0.312 e. The number of benzene rings is 3. The van der Waals surface area contributed by atoms with Crippen LogP contribution in [0.2, 0.25) is 0 Å². The van der Waals surface area contributed by atoms with Gasteiger partial charge in [0.1, 0.15) is 5.75 Å². The quantitative estimate of drug-likeness (QED) is 0.582. The molecule has 3 aromatic rings. The van der Waals surface area contributed by atoms with Gasteiger partial charge < -0.3 is 9.47 Å². The second kappa shape index (κ2) is 7.20. The van der Waals surface area contributed by atoms with Crippen molar-refractivity contribution in [3.05, 3.63) is 77.9 Å². The molecule has 3 aromatic carbocycles. The molecule has 3 heteroatoms. The van der Waals surface area contributed by atoms with Gasteiger partial charge in [-0.2, -0.15) is 0 Å². The minimum absolute atomic E-state index is 0.238. The molecular formula is C23H24O3. The lowest BCUT2D eigenvalue weighted by atomic mass is 9.95. The summed E-state index contributed by atoms with van der Waals surface area (Å²) in [5.74, 6) is 0.499. The Morgan fingerprint density at radius 1 is 0.846 bits per heavy atom. The van der Waals surface area contributed by atoms with Crippen LogP contribution in [0.4, 0.5) is 0 Å². The first-order valence-electron chi connectivity index (χ1n) is 8.72. The summed E-state index contributed by atoms with van der Waals surface area (Å²) in [6.07, 6.45) is -0.485. The molecule has 0 N–H and O–H groups in total. The van der Waals surface area contributed by atoms with E-state index in [4.69, 9.17) is 9.47 Å². The molecule has 1 unspecified atom stereocenters. The number of esters is 1. The number of hydrogen-bond donors (Lipinski definition) is 0. The number of rotatable bonds is 4. The number of fused-ring (bicyclic) bond motifs is 1. The Labute approximate surface area is 154 Å². The number of hydrogen-bond acceptors (Lipinski definition) is 3. The average Bonchev–Trinajstić information content (AvgIpc) is 2.64. The van der Waals surface area contributed by atoms with Gasteiger partial charge >= 0.3 is 5.97 Å². The highest BCUT2D eigenvalue weighted by Crippen LogP contribution is 2.32. The molecule has 0 saturated heterocycles. The minimum atomic E-state index is -0.575. The Hall–Kier alpha value is -2.81. The van der Waals surface area contributed by atoms with Crippen molar-refractivity contribution in [2.75, 3.05) is 7.11 Å². The zero-order valence-electron chi connectivity index (χ0n) is 15.7. The monoisotopic (exact) mass is 348 g/mol. The third-order valence-electron chi connectivity index (χ3n) is 4.31. The Kier molecular flexibility index (Phi) is 4.99. The first-order valence-corrected chi connectivity index (χ1v) is 8.72. The fraction of sp³-hybridized carbons (Fsp3) is 0.261. The maximum atomic E-state index is 12.6. The highest BCUT2D eigenvalue weighted by atomic mass is 16.5. The summed E-state index contributed by atoms with van der Waals surface area (Å²) in [5, 5.41) is 2.27. The lowest BCUT2D eigenvalue weighted by molar-refractivity contribution is -0.157. The average molecular weight is 348 g/mol. The van der Waals surface area contributed by atoms with Crippen molar-refractivity contribution < 1.29 is 14.3 Å². The van der Waals surface area contributed by atoms with E-state index in [2.05, 4.69) is 24.3 Å². The summed E-state index contributed by atoms with van der Waals surface area (Å²) in [5.41, 5.74) is 1.25. The van der Waals surface area contributed by atoms with Crippen LogP contribution < -0.4 is 4.74 Å². The molecule has 0 aliphatic rings. The largest absolute Gasteiger partial charge is 0.497 e. The van der Waals surface area contributed by atoms with Crippen molar-refractivity contribution in [1.29, 1.82) is 0 Å². The van der Waals surface area contributed by atoms with Gasteiger partial charge in [0.05, 0.1) is 12.5 Å². The Morgan fingerprint density at radius 2 is 1.54 bits per heavy atom. The summed E-state index contributed by atoms with van der Waals surface area (Å²) in [4.78, 5) is 12.6. The molecule has 0 fully saturated rings. The zero-order chi connectivity index (χ0) is 18.7. The van der Waals surface area contributed by atoms with Crippen LogP contribution in [0, 0.1) is 5.41 Å². The van der Waals surface area contributed by atoms with Crippen molar-refractivity contribution in [3.8, 4) is 5.75 Å². The standard InChI is InChI=1S/C23H24O3/c1-23(2,3)22(24)26-21(18-10-7-11-20(15-18)25-4)19-13-12-16-8-5-6-9-17(16)14-19/h5-15,21H,1-4H3. The highest BCUT2D eigenvalue weighted by Gasteiger charge is 2.28. The molecule has 26 heavy (non-hydrogen) atoms. The van der Waals surface area contributed by atoms with Gasteiger partial charge in [-0.15, -0.1) is 0 Å². The molecule has 0 radical (unpaired) electrons. The summed E-state index contributed by atoms with van der Waals surface area (Å²) >= 11 is 0. The number of ether oxygens (including phenoxy) is 2. The van der Waals surface area contributed by atoms with E-state index in [-0.39, 0.29) is 5.97 Å². The molecule has 0 aliphatic carbocycles. The molecule has 1 atom stereocenters. The maximum Gasteiger partial charge on any atom is 0.312 e. The second-order valence-corrected chi connectivity index (χ2v) is 7.42. The Morgan fingerprint density at radius 3 is 2.23 bits per heavy atom. The van der Waals surface area contributed by atoms with Crippen molar-refractivity contribution in [2.24, 2.45) is 5.41 Å². The van der Waals surface area contributed by atoms with Gasteiger partial charge in [0, 0.05) is 5.56 Å². The van der Waals surface area contributed by atoms with Crippen LogP contribution in [0.5, 0.6) is 5.75 Å². The Balaban J connectivity index is 2.07. The topological polar surface area (TPSA) is 35.5 Å². The number of methoxy groups -OCH3 is 1. The molecule has 0 saturated carbocycles. The van der Waals surface area contributed by atoms with Gasteiger partial charge in [-0.3, -0.25) is 4.79 Å². The summed E-state index contributed by atoms with van der Waals surface area (Å²) in [7, 11) is 1.63. The lowest BCUT2D eigenvalue weighted by Crippen LogP contribution is -2.25. The van der Waals surface area contributed by atoms with Crippen LogP contribution in [-0.2, 0) is 9.53 Å². The van der Waals surface area contributed by atoms with Gasteiger partial charge in [-0.05, 0) is 55.3 Å². The van der Waals surface area contributed by atoms with E-state index in [0.29, 0.717) is 0 Å². The zero-order valence-corrected chi connectivity index (χ0v) is 15.7. The molecule has 3 nitrogen and oxygen atoms in total. The van der Waals surface area contributed by atoms with Gasteiger partial charge in [0.25, 0.3) is 0 Å². The van der Waals surface area contributed by atoms with Crippen LogP contribution >= 0.6 is 0 Å². The van der Waals surface area contributed by atoms with E-state index in [9.17, 15) is 4.79 Å². The van der Waals surface area contributed by atoms with E-state index >= 15 is 0 Å². The molecule has 0 spiro atoms. The molecule has 134 valence electrons. The molecule has 0 bridgehead atoms. The molecule has 0 amide bonds. The normalized spacial score (nSPS) is 12.6. The van der Waals surface area contributed by atoms with E-state index < -0.39 is 11.5 Å². The summed E-state index contributed by atoms with van der Waals surface area (Å²) < 4.78 is 11.3. The van der Waals surface area contributed by atoms with Gasteiger partial charge in [-0.25, -0.2) is 0 Å². The van der Waals surface area contributed by atoms with Crippen molar-refractivity contribution in [1.82, 2.24) is 0 Å². The summed E-state index contributed by atoms with van der Waals surface area (Å²) in [6.45, 7) is 5.58. The first-order chi connectivity index (χ1) is 12.4. The fourth-order valence-corrected chi connectivity index (χ4v) is 2.79. The van der Waals surface area contributed by atoms with Crippen LogP contribution in [0.1, 0.15) is 38.0 Å². The lowest BCUT2D eigenvalue weighted by Gasteiger charge is -2.24. The molecule has 0 aliphatic heterocycles. The van der Waals surface area contributed by atoms with E-state index in [1.54, 1.807) is 7.11 Å². The van der Waals surface area contributed by atoms with Gasteiger partial charge in [0.2, 0.25) is 0 Å². The second-order valence-electron chi connectivity index (χ2n) is 7.42. The molecular weight excluding hydrogens is 324 g/mol. The fourth-order valence-electron chi connectivity index (χ4n) is 2.79. The highest BCUT2D eigenvalue weighted by molar-refractivity contribution is 5.83. The van der Waals surface area contributed by atoms with E-state index in [1.165, 1.54) is 0 Å². The summed E-state index contributed by atoms with van der Waals surface area (Å²) in [6, 6.07) is 22.0. The molecule has 3 rings (SSSR count). The van der Waals surface area contributed by atoms with Crippen LogP contribution in [0.3, 0.4) is 0 Å². The van der Waals surface area contributed by atoms with Crippen molar-refractivity contribution in [3.63, 3.8) is 0 Å². The maximum absolute atomic E-state index is 12.6. The van der Waals surface area contributed by atoms with Crippen LogP contribution in [0.15, 0.2) is 66.7 Å². The van der Waals surface area contributed by atoms with Crippen molar-refractivity contribution in [2.45, 2.75) is 26.9 Å². The third-order valence-corrected chi connectivity index (χ3v) is 4.31. The van der Waals surface area contributed by atoms with Crippen LogP contribution in [0.25, 0.3) is 10.8 Å². The number of carbonyl (C=O) groups is 1. The minimum Gasteiger partial charge on any atom is -0.497 e. The molecule has 0 heterocycles. The third kappa shape index (κ3) is 3.88. The Bertz CT molecular complexity index is 922. The SMILES string of the molecule is COc1cccc(C(OC(=O)C(C)(C)C)c2ccc3ccccc3c2)c1. The van der Waals surface area contributed by atoms with Gasteiger partial charge in [-0.1, -0.05) is 48.5 Å². The van der Waals surface area contributed by atoms with Gasteiger partial charge in [0.15, 0.2) is 6.10 Å². The predicted octanol–water partition coefficient (Wildman–Crippen LogP) is 5.53. The van der Waals surface area contributed by atoms with E-state index in [0.717, 1.165) is 27.6 Å². The predicted molar refractivity (Wildman–Crippen MR) is 104 cm³/mol. The number of carbonyl (C=O) groups excluding carboxylic acids is 1. The first kappa shape index (κ1) is 18.0.